The Morgan fingerprint density at radius 3 is 2.19 bits per heavy atom. The molecule has 162 valence electrons. The molecule has 0 saturated heterocycles. The summed E-state index contributed by atoms with van der Waals surface area (Å²) in [6.07, 6.45) is 0.768. The zero-order valence-electron chi connectivity index (χ0n) is 18.3. The van der Waals surface area contributed by atoms with E-state index in [4.69, 9.17) is 0 Å². The summed E-state index contributed by atoms with van der Waals surface area (Å²) >= 11 is 0. The van der Waals surface area contributed by atoms with Crippen molar-refractivity contribution in [2.24, 2.45) is 0 Å². The Morgan fingerprint density at radius 2 is 1.61 bits per heavy atom. The van der Waals surface area contributed by atoms with E-state index in [0.29, 0.717) is 16.8 Å². The molecule has 0 saturated carbocycles. The lowest BCUT2D eigenvalue weighted by atomic mass is 10.0. The van der Waals surface area contributed by atoms with Crippen LogP contribution in [0.2, 0.25) is 0 Å². The summed E-state index contributed by atoms with van der Waals surface area (Å²) in [6.45, 7) is 5.87. The molecule has 0 radical (unpaired) electrons. The molecule has 5 nitrogen and oxygen atoms in total. The number of nitrogens with zero attached hydrogens (tertiary/aromatic N) is 1. The Morgan fingerprint density at radius 1 is 0.968 bits per heavy atom. The van der Waals surface area contributed by atoms with Crippen LogP contribution in [0.1, 0.15) is 46.4 Å². The molecule has 6 heteroatoms. The SMILES string of the molecule is CCC(NC(=O)c1ccc(N(C)S(=O)(=O)c2ccccc2)c(C)c1)c1ccc(C)cc1. The summed E-state index contributed by atoms with van der Waals surface area (Å²) < 4.78 is 27.1. The van der Waals surface area contributed by atoms with Crippen molar-refractivity contribution in [3.63, 3.8) is 0 Å². The van der Waals surface area contributed by atoms with Crippen molar-refractivity contribution in [1.29, 1.82) is 0 Å². The van der Waals surface area contributed by atoms with Crippen LogP contribution in [-0.2, 0) is 10.0 Å². The summed E-state index contributed by atoms with van der Waals surface area (Å²) in [5.41, 5.74) is 3.97. The monoisotopic (exact) mass is 436 g/mol. The average molecular weight is 437 g/mol. The average Bonchev–Trinajstić information content (AvgIpc) is 2.78. The first kappa shape index (κ1) is 22.6. The van der Waals surface area contributed by atoms with Crippen LogP contribution in [0.25, 0.3) is 0 Å². The fourth-order valence-corrected chi connectivity index (χ4v) is 4.77. The fraction of sp³-hybridized carbons (Fsp3) is 0.240. The Bertz CT molecular complexity index is 1160. The predicted molar refractivity (Wildman–Crippen MR) is 125 cm³/mol. The summed E-state index contributed by atoms with van der Waals surface area (Å²) in [5, 5.41) is 3.08. The van der Waals surface area contributed by atoms with Crippen molar-refractivity contribution >= 4 is 21.6 Å². The fourth-order valence-electron chi connectivity index (χ4n) is 3.49. The highest BCUT2D eigenvalue weighted by Crippen LogP contribution is 2.26. The van der Waals surface area contributed by atoms with E-state index < -0.39 is 10.0 Å². The molecule has 0 aliphatic carbocycles. The molecule has 0 aromatic heterocycles. The molecule has 1 amide bonds. The Labute approximate surface area is 184 Å². The second-order valence-corrected chi connectivity index (χ2v) is 9.60. The number of hydrogen-bond acceptors (Lipinski definition) is 3. The van der Waals surface area contributed by atoms with Gasteiger partial charge in [-0.1, -0.05) is 55.0 Å². The van der Waals surface area contributed by atoms with Crippen LogP contribution in [0.15, 0.2) is 77.7 Å². The lowest BCUT2D eigenvalue weighted by Gasteiger charge is -2.22. The Kier molecular flexibility index (Phi) is 6.81. The van der Waals surface area contributed by atoms with Gasteiger partial charge >= 0.3 is 0 Å². The predicted octanol–water partition coefficient (Wildman–Crippen LogP) is 5.01. The van der Waals surface area contributed by atoms with Crippen LogP contribution < -0.4 is 9.62 Å². The number of amides is 1. The summed E-state index contributed by atoms with van der Waals surface area (Å²) in [6, 6.07) is 21.4. The lowest BCUT2D eigenvalue weighted by molar-refractivity contribution is 0.0935. The molecule has 0 aliphatic rings. The van der Waals surface area contributed by atoms with Crippen LogP contribution in [-0.4, -0.2) is 21.4 Å². The number of rotatable bonds is 7. The number of carbonyl (C=O) groups excluding carboxylic acids is 1. The van der Waals surface area contributed by atoms with E-state index in [1.165, 1.54) is 16.9 Å². The number of aryl methyl sites for hydroxylation is 2. The number of nitrogens with one attached hydrogen (secondary N) is 1. The van der Waals surface area contributed by atoms with Crippen LogP contribution in [0.5, 0.6) is 0 Å². The molecule has 0 heterocycles. The minimum absolute atomic E-state index is 0.0887. The standard InChI is InChI=1S/C25H28N2O3S/c1-5-23(20-13-11-18(2)12-14-20)26-25(28)21-15-16-24(19(3)17-21)27(4)31(29,30)22-9-7-6-8-10-22/h6-17,23H,5H2,1-4H3,(H,26,28). The topological polar surface area (TPSA) is 66.5 Å². The van der Waals surface area contributed by atoms with Gasteiger partial charge in [-0.3, -0.25) is 9.10 Å². The number of sulfonamides is 1. The van der Waals surface area contributed by atoms with E-state index in [1.807, 2.05) is 38.1 Å². The molecule has 3 aromatic carbocycles. The van der Waals surface area contributed by atoms with Crippen molar-refractivity contribution in [3.05, 3.63) is 95.1 Å². The summed E-state index contributed by atoms with van der Waals surface area (Å²) in [7, 11) is -2.15. The molecule has 0 spiro atoms. The third kappa shape index (κ3) is 4.97. The van der Waals surface area contributed by atoms with Crippen LogP contribution >= 0.6 is 0 Å². The Balaban J connectivity index is 1.81. The normalized spacial score (nSPS) is 12.3. The molecule has 0 fully saturated rings. The minimum Gasteiger partial charge on any atom is -0.345 e. The molecule has 0 aliphatic heterocycles. The van der Waals surface area contributed by atoms with Gasteiger partial charge in [-0.2, -0.15) is 0 Å². The second kappa shape index (κ2) is 9.35. The number of carbonyl (C=O) groups is 1. The van der Waals surface area contributed by atoms with E-state index in [9.17, 15) is 13.2 Å². The van der Waals surface area contributed by atoms with Gasteiger partial charge in [-0.15, -0.1) is 0 Å². The van der Waals surface area contributed by atoms with Crippen LogP contribution in [0.3, 0.4) is 0 Å². The highest BCUT2D eigenvalue weighted by molar-refractivity contribution is 7.92. The molecule has 31 heavy (non-hydrogen) atoms. The molecular weight excluding hydrogens is 408 g/mol. The van der Waals surface area contributed by atoms with E-state index in [1.54, 1.807) is 55.5 Å². The number of benzene rings is 3. The van der Waals surface area contributed by atoms with Crippen molar-refractivity contribution < 1.29 is 13.2 Å². The third-order valence-electron chi connectivity index (χ3n) is 5.39. The van der Waals surface area contributed by atoms with Crippen molar-refractivity contribution in [1.82, 2.24) is 5.32 Å². The summed E-state index contributed by atoms with van der Waals surface area (Å²) in [4.78, 5) is 13.1. The third-order valence-corrected chi connectivity index (χ3v) is 7.18. The Hall–Kier alpha value is -3.12. The molecule has 3 aromatic rings. The zero-order chi connectivity index (χ0) is 22.6. The van der Waals surface area contributed by atoms with Crippen molar-refractivity contribution in [2.75, 3.05) is 11.4 Å². The van der Waals surface area contributed by atoms with Crippen LogP contribution in [0.4, 0.5) is 5.69 Å². The molecular formula is C25H28N2O3S. The van der Waals surface area contributed by atoms with Gasteiger partial charge in [-0.25, -0.2) is 8.42 Å². The van der Waals surface area contributed by atoms with Gasteiger partial charge in [0.15, 0.2) is 0 Å². The number of anilines is 1. The molecule has 1 N–H and O–H groups in total. The van der Waals surface area contributed by atoms with Gasteiger partial charge in [0.2, 0.25) is 0 Å². The van der Waals surface area contributed by atoms with Gasteiger partial charge in [-0.05, 0) is 61.7 Å². The van der Waals surface area contributed by atoms with Gasteiger partial charge in [0.05, 0.1) is 16.6 Å². The molecule has 1 unspecified atom stereocenters. The van der Waals surface area contributed by atoms with Gasteiger partial charge in [0.1, 0.15) is 0 Å². The quantitative estimate of drug-likeness (QED) is 0.566. The van der Waals surface area contributed by atoms with E-state index in [2.05, 4.69) is 5.32 Å². The van der Waals surface area contributed by atoms with E-state index in [-0.39, 0.29) is 16.8 Å². The maximum atomic E-state index is 12.9. The maximum absolute atomic E-state index is 12.9. The van der Waals surface area contributed by atoms with Crippen LogP contribution in [0, 0.1) is 13.8 Å². The van der Waals surface area contributed by atoms with E-state index >= 15 is 0 Å². The highest BCUT2D eigenvalue weighted by atomic mass is 32.2. The maximum Gasteiger partial charge on any atom is 0.264 e. The highest BCUT2D eigenvalue weighted by Gasteiger charge is 2.23. The first-order valence-electron chi connectivity index (χ1n) is 10.3. The van der Waals surface area contributed by atoms with Gasteiger partial charge in [0.25, 0.3) is 15.9 Å². The first-order valence-corrected chi connectivity index (χ1v) is 11.7. The zero-order valence-corrected chi connectivity index (χ0v) is 19.1. The molecule has 0 bridgehead atoms. The number of hydrogen-bond donors (Lipinski definition) is 1. The molecule has 3 rings (SSSR count). The van der Waals surface area contributed by atoms with Crippen molar-refractivity contribution in [3.8, 4) is 0 Å². The second-order valence-electron chi connectivity index (χ2n) is 7.63. The minimum atomic E-state index is -3.68. The first-order chi connectivity index (χ1) is 14.7. The van der Waals surface area contributed by atoms with Gasteiger partial charge in [0, 0.05) is 12.6 Å². The van der Waals surface area contributed by atoms with E-state index in [0.717, 1.165) is 12.0 Å². The summed E-state index contributed by atoms with van der Waals surface area (Å²) in [5.74, 6) is -0.185. The molecule has 1 atom stereocenters. The largest absolute Gasteiger partial charge is 0.345 e. The van der Waals surface area contributed by atoms with Crippen molar-refractivity contribution in [2.45, 2.75) is 38.1 Å². The lowest BCUT2D eigenvalue weighted by Crippen LogP contribution is -2.29. The van der Waals surface area contributed by atoms with Gasteiger partial charge < -0.3 is 5.32 Å². The smallest absolute Gasteiger partial charge is 0.264 e.